The minimum atomic E-state index is -0.173. The van der Waals surface area contributed by atoms with Crippen molar-refractivity contribution in [3.63, 3.8) is 0 Å². The number of amides is 1. The molecule has 1 amide bonds. The van der Waals surface area contributed by atoms with Crippen molar-refractivity contribution in [1.29, 1.82) is 0 Å². The van der Waals surface area contributed by atoms with Crippen molar-refractivity contribution in [2.24, 2.45) is 0 Å². The molecule has 0 saturated carbocycles. The van der Waals surface area contributed by atoms with Gasteiger partial charge in [-0.15, -0.1) is 21.5 Å². The van der Waals surface area contributed by atoms with Gasteiger partial charge < -0.3 is 10.2 Å². The van der Waals surface area contributed by atoms with E-state index in [4.69, 9.17) is 0 Å². The number of thiophene rings is 1. The molecule has 0 spiro atoms. The maximum atomic E-state index is 12.3. The Bertz CT molecular complexity index is 866. The maximum Gasteiger partial charge on any atom is 0.248 e. The van der Waals surface area contributed by atoms with Gasteiger partial charge in [0.15, 0.2) is 0 Å². The predicted octanol–water partition coefficient (Wildman–Crippen LogP) is 3.42. The fraction of sp³-hybridized carbons (Fsp3) is 0.368. The van der Waals surface area contributed by atoms with Gasteiger partial charge in [-0.3, -0.25) is 4.79 Å². The lowest BCUT2D eigenvalue weighted by Gasteiger charge is -2.22. The van der Waals surface area contributed by atoms with Crippen LogP contribution in [0.15, 0.2) is 41.8 Å². The van der Waals surface area contributed by atoms with Crippen molar-refractivity contribution >= 4 is 28.6 Å². The molecule has 0 atom stereocenters. The second-order valence-corrected chi connectivity index (χ2v) is 7.56. The SMILES string of the molecule is O=C(Cn1nnc(-c2cccs2)n1)Nc1ccc(N2CCCCCC2)cc1. The number of rotatable bonds is 5. The highest BCUT2D eigenvalue weighted by Gasteiger charge is 2.12. The molecule has 2 aromatic heterocycles. The van der Waals surface area contributed by atoms with E-state index in [1.807, 2.05) is 29.6 Å². The van der Waals surface area contributed by atoms with Crippen LogP contribution in [-0.4, -0.2) is 39.2 Å². The first kappa shape index (κ1) is 17.7. The van der Waals surface area contributed by atoms with E-state index < -0.39 is 0 Å². The second-order valence-electron chi connectivity index (χ2n) is 6.62. The van der Waals surface area contributed by atoms with Crippen LogP contribution in [0.3, 0.4) is 0 Å². The van der Waals surface area contributed by atoms with Crippen LogP contribution in [0, 0.1) is 0 Å². The molecular formula is C19H22N6OS. The Morgan fingerprint density at radius 3 is 2.56 bits per heavy atom. The van der Waals surface area contributed by atoms with Gasteiger partial charge >= 0.3 is 0 Å². The van der Waals surface area contributed by atoms with E-state index >= 15 is 0 Å². The standard InChI is InChI=1S/C19H22N6OS/c26-18(14-25-22-19(21-23-25)17-6-5-13-27-17)20-15-7-9-16(10-8-15)24-11-3-1-2-4-12-24/h5-10,13H,1-4,11-12,14H2,(H,20,26). The van der Waals surface area contributed by atoms with Crippen LogP contribution in [0.5, 0.6) is 0 Å². The topological polar surface area (TPSA) is 75.9 Å². The Morgan fingerprint density at radius 2 is 1.85 bits per heavy atom. The Morgan fingerprint density at radius 1 is 1.07 bits per heavy atom. The second kappa shape index (κ2) is 8.30. The van der Waals surface area contributed by atoms with Crippen molar-refractivity contribution in [3.05, 3.63) is 41.8 Å². The van der Waals surface area contributed by atoms with Gasteiger partial charge in [0.1, 0.15) is 6.54 Å². The molecule has 1 N–H and O–H groups in total. The summed E-state index contributed by atoms with van der Waals surface area (Å²) in [4.78, 5) is 16.9. The maximum absolute atomic E-state index is 12.3. The molecule has 1 aliphatic rings. The third kappa shape index (κ3) is 4.51. The lowest BCUT2D eigenvalue weighted by Crippen LogP contribution is -2.24. The Labute approximate surface area is 162 Å². The number of nitrogens with zero attached hydrogens (tertiary/aromatic N) is 5. The van der Waals surface area contributed by atoms with E-state index in [0.717, 1.165) is 23.7 Å². The number of carbonyl (C=O) groups is 1. The number of tetrazole rings is 1. The lowest BCUT2D eigenvalue weighted by atomic mass is 10.2. The summed E-state index contributed by atoms with van der Waals surface area (Å²) in [5.41, 5.74) is 1.99. The van der Waals surface area contributed by atoms with Gasteiger partial charge in [-0.05, 0) is 53.8 Å². The van der Waals surface area contributed by atoms with E-state index in [-0.39, 0.29) is 12.5 Å². The molecule has 0 aliphatic carbocycles. The summed E-state index contributed by atoms with van der Waals surface area (Å²) in [6.45, 7) is 2.25. The number of carbonyl (C=O) groups excluding carboxylic acids is 1. The van der Waals surface area contributed by atoms with Crippen molar-refractivity contribution < 1.29 is 4.79 Å². The van der Waals surface area contributed by atoms with Crippen LogP contribution in [0.2, 0.25) is 0 Å². The van der Waals surface area contributed by atoms with Crippen molar-refractivity contribution in [2.75, 3.05) is 23.3 Å². The highest BCUT2D eigenvalue weighted by atomic mass is 32.1. The third-order valence-corrected chi connectivity index (χ3v) is 5.47. The Hall–Kier alpha value is -2.74. The van der Waals surface area contributed by atoms with Gasteiger partial charge in [0.2, 0.25) is 11.7 Å². The summed E-state index contributed by atoms with van der Waals surface area (Å²) in [5.74, 6) is 0.368. The summed E-state index contributed by atoms with van der Waals surface area (Å²) < 4.78 is 0. The van der Waals surface area contributed by atoms with Gasteiger partial charge in [0.25, 0.3) is 0 Å². The number of nitrogens with one attached hydrogen (secondary N) is 1. The van der Waals surface area contributed by atoms with Gasteiger partial charge in [-0.1, -0.05) is 18.9 Å². The monoisotopic (exact) mass is 382 g/mol. The van der Waals surface area contributed by atoms with Gasteiger partial charge in [0.05, 0.1) is 4.88 Å². The number of hydrogen-bond acceptors (Lipinski definition) is 6. The zero-order chi connectivity index (χ0) is 18.5. The molecule has 1 saturated heterocycles. The highest BCUT2D eigenvalue weighted by molar-refractivity contribution is 7.13. The summed E-state index contributed by atoms with van der Waals surface area (Å²) in [6, 6.07) is 11.9. The number of aromatic nitrogens is 4. The van der Waals surface area contributed by atoms with Crippen molar-refractivity contribution in [2.45, 2.75) is 32.2 Å². The first-order valence-corrected chi connectivity index (χ1v) is 10.1. The molecule has 1 aliphatic heterocycles. The summed E-state index contributed by atoms with van der Waals surface area (Å²) in [7, 11) is 0. The first-order chi connectivity index (χ1) is 13.3. The largest absolute Gasteiger partial charge is 0.372 e. The van der Waals surface area contributed by atoms with E-state index in [1.165, 1.54) is 36.2 Å². The van der Waals surface area contributed by atoms with Crippen LogP contribution in [-0.2, 0) is 11.3 Å². The summed E-state index contributed by atoms with van der Waals surface area (Å²) in [5, 5.41) is 17.1. The number of hydrogen-bond donors (Lipinski definition) is 1. The molecule has 0 unspecified atom stereocenters. The Kier molecular flexibility index (Phi) is 5.43. The first-order valence-electron chi connectivity index (χ1n) is 9.24. The average molecular weight is 382 g/mol. The normalized spacial score (nSPS) is 14.7. The quantitative estimate of drug-likeness (QED) is 0.732. The molecule has 1 aromatic carbocycles. The number of anilines is 2. The van der Waals surface area contributed by atoms with Crippen LogP contribution < -0.4 is 10.2 Å². The van der Waals surface area contributed by atoms with Gasteiger partial charge in [-0.25, -0.2) is 0 Å². The zero-order valence-corrected chi connectivity index (χ0v) is 15.9. The third-order valence-electron chi connectivity index (χ3n) is 4.60. The molecule has 8 heteroatoms. The van der Waals surface area contributed by atoms with Crippen molar-refractivity contribution in [3.8, 4) is 10.7 Å². The average Bonchev–Trinajstić information content (AvgIpc) is 3.29. The smallest absolute Gasteiger partial charge is 0.248 e. The molecule has 1 fully saturated rings. The summed E-state index contributed by atoms with van der Waals surface area (Å²) in [6.07, 6.45) is 5.12. The fourth-order valence-corrected chi connectivity index (χ4v) is 3.88. The fourth-order valence-electron chi connectivity index (χ4n) is 3.23. The number of benzene rings is 1. The van der Waals surface area contributed by atoms with Crippen LogP contribution in [0.25, 0.3) is 10.7 Å². The minimum Gasteiger partial charge on any atom is -0.372 e. The Balaban J connectivity index is 1.34. The highest BCUT2D eigenvalue weighted by Crippen LogP contribution is 2.22. The van der Waals surface area contributed by atoms with E-state index in [9.17, 15) is 4.79 Å². The van der Waals surface area contributed by atoms with Gasteiger partial charge in [0, 0.05) is 24.5 Å². The molecule has 0 bridgehead atoms. The predicted molar refractivity (Wildman–Crippen MR) is 107 cm³/mol. The van der Waals surface area contributed by atoms with Crippen LogP contribution in [0.4, 0.5) is 11.4 Å². The molecule has 0 radical (unpaired) electrons. The van der Waals surface area contributed by atoms with Crippen LogP contribution in [0.1, 0.15) is 25.7 Å². The molecule has 27 heavy (non-hydrogen) atoms. The molecule has 7 nitrogen and oxygen atoms in total. The van der Waals surface area contributed by atoms with E-state index in [0.29, 0.717) is 5.82 Å². The molecule has 3 aromatic rings. The molecule has 3 heterocycles. The van der Waals surface area contributed by atoms with Gasteiger partial charge in [-0.2, -0.15) is 4.80 Å². The minimum absolute atomic E-state index is 0.0340. The molecule has 4 rings (SSSR count). The zero-order valence-electron chi connectivity index (χ0n) is 15.0. The van der Waals surface area contributed by atoms with E-state index in [1.54, 1.807) is 11.3 Å². The molecular weight excluding hydrogens is 360 g/mol. The van der Waals surface area contributed by atoms with Crippen molar-refractivity contribution in [1.82, 2.24) is 20.2 Å². The lowest BCUT2D eigenvalue weighted by molar-refractivity contribution is -0.117. The molecule has 140 valence electrons. The summed E-state index contributed by atoms with van der Waals surface area (Å²) >= 11 is 1.54. The van der Waals surface area contributed by atoms with E-state index in [2.05, 4.69) is 37.8 Å². The van der Waals surface area contributed by atoms with Crippen LogP contribution >= 0.6 is 11.3 Å².